The van der Waals surface area contributed by atoms with Crippen LogP contribution in [0.15, 0.2) is 5.38 Å². The van der Waals surface area contributed by atoms with Crippen LogP contribution in [0.4, 0.5) is 0 Å². The number of nitrogens with zero attached hydrogens (tertiary/aromatic N) is 3. The van der Waals surface area contributed by atoms with Gasteiger partial charge in [0, 0.05) is 44.6 Å². The van der Waals surface area contributed by atoms with Crippen molar-refractivity contribution >= 4 is 11.3 Å². The molecule has 3 fully saturated rings. The van der Waals surface area contributed by atoms with E-state index >= 15 is 0 Å². The van der Waals surface area contributed by atoms with Gasteiger partial charge in [-0.15, -0.1) is 11.3 Å². The van der Waals surface area contributed by atoms with Crippen LogP contribution in [0.2, 0.25) is 0 Å². The molecule has 5 nitrogen and oxygen atoms in total. The molecule has 0 aromatic carbocycles. The molecule has 3 aliphatic rings. The average Bonchev–Trinajstić information content (AvgIpc) is 3.27. The fraction of sp³-hybridized carbons (Fsp3) is 0.824. The van der Waals surface area contributed by atoms with Crippen LogP contribution in [0.3, 0.4) is 0 Å². The summed E-state index contributed by atoms with van der Waals surface area (Å²) in [4.78, 5) is 9.68. The van der Waals surface area contributed by atoms with Gasteiger partial charge >= 0.3 is 0 Å². The van der Waals surface area contributed by atoms with Crippen molar-refractivity contribution in [1.29, 1.82) is 0 Å². The Morgan fingerprint density at radius 2 is 2.09 bits per heavy atom. The van der Waals surface area contributed by atoms with Gasteiger partial charge in [0.2, 0.25) is 0 Å². The number of hydrogen-bond acceptors (Lipinski definition) is 6. The Balaban J connectivity index is 1.41. The van der Waals surface area contributed by atoms with Crippen LogP contribution in [0, 0.1) is 12.8 Å². The van der Waals surface area contributed by atoms with Crippen molar-refractivity contribution in [3.05, 3.63) is 16.1 Å². The van der Waals surface area contributed by atoms with Crippen molar-refractivity contribution in [2.45, 2.75) is 31.9 Å². The third-order valence-electron chi connectivity index (χ3n) is 5.02. The van der Waals surface area contributed by atoms with Crippen molar-refractivity contribution < 1.29 is 9.47 Å². The second-order valence-electron chi connectivity index (χ2n) is 7.33. The molecule has 1 aromatic heterocycles. The third-order valence-corrected chi connectivity index (χ3v) is 5.84. The average molecular weight is 337 g/mol. The molecule has 0 bridgehead atoms. The fourth-order valence-corrected chi connectivity index (χ4v) is 4.36. The van der Waals surface area contributed by atoms with E-state index in [1.165, 1.54) is 25.1 Å². The molecule has 1 aromatic rings. The van der Waals surface area contributed by atoms with E-state index in [0.717, 1.165) is 63.5 Å². The number of rotatable bonds is 4. The molecular formula is C17H27N3O2S. The van der Waals surface area contributed by atoms with E-state index in [1.54, 1.807) is 11.3 Å². The number of thiazole rings is 1. The first-order valence-corrected chi connectivity index (χ1v) is 9.66. The summed E-state index contributed by atoms with van der Waals surface area (Å²) in [6, 6.07) is 0. The standard InChI is InChI=1S/C17H27N3O2S/c1-14-18-16(10-23-14)9-20-4-6-21-13-17(12-20)11-19(5-7-22-17)8-15-2-3-15/h10,15H,2-9,11-13H2,1H3/t17-/m1/s1. The van der Waals surface area contributed by atoms with Gasteiger partial charge < -0.3 is 9.47 Å². The van der Waals surface area contributed by atoms with Crippen molar-refractivity contribution in [2.75, 3.05) is 52.5 Å². The Morgan fingerprint density at radius 3 is 2.87 bits per heavy atom. The highest BCUT2D eigenvalue weighted by molar-refractivity contribution is 7.09. The molecule has 3 heterocycles. The van der Waals surface area contributed by atoms with Gasteiger partial charge in [-0.1, -0.05) is 0 Å². The normalized spacial score (nSPS) is 30.7. The molecule has 0 N–H and O–H groups in total. The highest BCUT2D eigenvalue weighted by atomic mass is 32.1. The molecular weight excluding hydrogens is 310 g/mol. The van der Waals surface area contributed by atoms with Crippen LogP contribution in [0.1, 0.15) is 23.5 Å². The molecule has 1 aliphatic carbocycles. The molecule has 1 atom stereocenters. The lowest BCUT2D eigenvalue weighted by Crippen LogP contribution is -2.58. The maximum absolute atomic E-state index is 6.27. The maximum atomic E-state index is 6.27. The highest BCUT2D eigenvalue weighted by Crippen LogP contribution is 2.32. The topological polar surface area (TPSA) is 37.8 Å². The summed E-state index contributed by atoms with van der Waals surface area (Å²) in [6.45, 7) is 10.6. The predicted molar refractivity (Wildman–Crippen MR) is 90.8 cm³/mol. The first kappa shape index (κ1) is 16.0. The maximum Gasteiger partial charge on any atom is 0.117 e. The van der Waals surface area contributed by atoms with Crippen molar-refractivity contribution in [2.24, 2.45) is 5.92 Å². The number of hydrogen-bond donors (Lipinski definition) is 0. The van der Waals surface area contributed by atoms with Gasteiger partial charge in [-0.05, 0) is 25.7 Å². The molecule has 4 rings (SSSR count). The molecule has 128 valence electrons. The van der Waals surface area contributed by atoms with Crippen LogP contribution in [-0.2, 0) is 16.0 Å². The second kappa shape index (κ2) is 6.76. The van der Waals surface area contributed by atoms with Gasteiger partial charge in [-0.2, -0.15) is 0 Å². The van der Waals surface area contributed by atoms with Crippen molar-refractivity contribution in [3.63, 3.8) is 0 Å². The lowest BCUT2D eigenvalue weighted by molar-refractivity contribution is -0.142. The quantitative estimate of drug-likeness (QED) is 0.837. The SMILES string of the molecule is Cc1nc(CN2CCOC[C@]3(C2)CN(CC2CC2)CCO3)cs1. The predicted octanol–water partition coefficient (Wildman–Crippen LogP) is 1.76. The van der Waals surface area contributed by atoms with Gasteiger partial charge in [0.05, 0.1) is 30.5 Å². The molecule has 0 radical (unpaired) electrons. The summed E-state index contributed by atoms with van der Waals surface area (Å²) in [6.07, 6.45) is 2.83. The van der Waals surface area contributed by atoms with Crippen LogP contribution < -0.4 is 0 Å². The molecule has 6 heteroatoms. The Bertz CT molecular complexity index is 534. The van der Waals surface area contributed by atoms with E-state index in [2.05, 4.69) is 27.1 Å². The molecule has 2 aliphatic heterocycles. The van der Waals surface area contributed by atoms with E-state index in [-0.39, 0.29) is 5.60 Å². The number of aryl methyl sites for hydroxylation is 1. The smallest absolute Gasteiger partial charge is 0.117 e. The Kier molecular flexibility index (Phi) is 4.70. The largest absolute Gasteiger partial charge is 0.377 e. The lowest BCUT2D eigenvalue weighted by atomic mass is 10.0. The van der Waals surface area contributed by atoms with Crippen molar-refractivity contribution in [3.8, 4) is 0 Å². The van der Waals surface area contributed by atoms with E-state index in [0.29, 0.717) is 0 Å². The summed E-state index contributed by atoms with van der Waals surface area (Å²) in [5.74, 6) is 0.936. The van der Waals surface area contributed by atoms with Gasteiger partial charge in [-0.3, -0.25) is 9.80 Å². The lowest BCUT2D eigenvalue weighted by Gasteiger charge is -2.43. The molecule has 2 saturated heterocycles. The first-order valence-electron chi connectivity index (χ1n) is 8.78. The third kappa shape index (κ3) is 4.12. The zero-order valence-electron chi connectivity index (χ0n) is 14.0. The zero-order chi connectivity index (χ0) is 15.7. The summed E-state index contributed by atoms with van der Waals surface area (Å²) in [5.41, 5.74) is 1.02. The Hall–Kier alpha value is -0.530. The van der Waals surface area contributed by atoms with Gasteiger partial charge in [0.15, 0.2) is 0 Å². The molecule has 1 saturated carbocycles. The van der Waals surface area contributed by atoms with Gasteiger partial charge in [0.25, 0.3) is 0 Å². The van der Waals surface area contributed by atoms with Crippen LogP contribution >= 0.6 is 11.3 Å². The molecule has 1 spiro atoms. The summed E-state index contributed by atoms with van der Waals surface area (Å²) in [5, 5.41) is 3.32. The van der Waals surface area contributed by atoms with E-state index in [4.69, 9.17) is 9.47 Å². The Labute approximate surface area is 142 Å². The number of morpholine rings is 1. The van der Waals surface area contributed by atoms with E-state index in [1.807, 2.05) is 0 Å². The number of ether oxygens (including phenoxy) is 2. The summed E-state index contributed by atoms with van der Waals surface area (Å²) >= 11 is 1.73. The first-order chi connectivity index (χ1) is 11.2. The monoisotopic (exact) mass is 337 g/mol. The van der Waals surface area contributed by atoms with E-state index in [9.17, 15) is 0 Å². The minimum Gasteiger partial charge on any atom is -0.377 e. The Morgan fingerprint density at radius 1 is 1.26 bits per heavy atom. The second-order valence-corrected chi connectivity index (χ2v) is 8.39. The van der Waals surface area contributed by atoms with Crippen molar-refractivity contribution in [1.82, 2.24) is 14.8 Å². The van der Waals surface area contributed by atoms with Crippen LogP contribution in [0.25, 0.3) is 0 Å². The molecule has 0 unspecified atom stereocenters. The molecule has 23 heavy (non-hydrogen) atoms. The minimum atomic E-state index is -0.158. The fourth-order valence-electron chi connectivity index (χ4n) is 3.76. The highest BCUT2D eigenvalue weighted by Gasteiger charge is 2.41. The molecule has 0 amide bonds. The zero-order valence-corrected chi connectivity index (χ0v) is 14.8. The summed E-state index contributed by atoms with van der Waals surface area (Å²) in [7, 11) is 0. The van der Waals surface area contributed by atoms with E-state index < -0.39 is 0 Å². The van der Waals surface area contributed by atoms with Gasteiger partial charge in [-0.25, -0.2) is 4.98 Å². The number of aromatic nitrogens is 1. The summed E-state index contributed by atoms with van der Waals surface area (Å²) < 4.78 is 12.2. The van der Waals surface area contributed by atoms with Crippen LogP contribution in [-0.4, -0.2) is 72.9 Å². The van der Waals surface area contributed by atoms with Crippen LogP contribution in [0.5, 0.6) is 0 Å². The minimum absolute atomic E-state index is 0.158. The van der Waals surface area contributed by atoms with Gasteiger partial charge in [0.1, 0.15) is 5.60 Å².